The second-order valence-corrected chi connectivity index (χ2v) is 5.70. The van der Waals surface area contributed by atoms with Crippen molar-refractivity contribution >= 4 is 29.1 Å². The summed E-state index contributed by atoms with van der Waals surface area (Å²) in [5.74, 6) is 1.89. The summed E-state index contributed by atoms with van der Waals surface area (Å²) in [6.07, 6.45) is 2.40. The van der Waals surface area contributed by atoms with E-state index in [1.165, 1.54) is 5.56 Å². The standard InChI is InChI=1S/C18H18ClN5O/c1-25-14-8-6-13(7-9-14)10-11-20-18-23-17(12-21-24-18)22-16-5-3-2-4-15(16)19/h2-9,12H,10-11H2,1H3,(H2,20,22,23,24). The zero-order chi connectivity index (χ0) is 17.5. The lowest BCUT2D eigenvalue weighted by Gasteiger charge is -2.09. The molecule has 7 heteroatoms. The lowest BCUT2D eigenvalue weighted by Crippen LogP contribution is -2.09. The Morgan fingerprint density at radius 2 is 1.88 bits per heavy atom. The molecular formula is C18H18ClN5O. The maximum atomic E-state index is 6.14. The molecule has 0 saturated carbocycles. The van der Waals surface area contributed by atoms with Gasteiger partial charge in [-0.25, -0.2) is 0 Å². The third kappa shape index (κ3) is 4.81. The third-order valence-electron chi connectivity index (χ3n) is 3.55. The second-order valence-electron chi connectivity index (χ2n) is 5.29. The van der Waals surface area contributed by atoms with E-state index in [0.717, 1.165) is 17.9 Å². The number of aromatic nitrogens is 3. The summed E-state index contributed by atoms with van der Waals surface area (Å²) in [7, 11) is 1.66. The molecule has 0 aliphatic rings. The van der Waals surface area contributed by atoms with Crippen LogP contribution in [0.15, 0.2) is 54.7 Å². The molecule has 3 rings (SSSR count). The van der Waals surface area contributed by atoms with E-state index in [4.69, 9.17) is 16.3 Å². The number of para-hydroxylation sites is 1. The highest BCUT2D eigenvalue weighted by atomic mass is 35.5. The van der Waals surface area contributed by atoms with Gasteiger partial charge in [0.05, 0.1) is 24.0 Å². The molecule has 0 unspecified atom stereocenters. The minimum Gasteiger partial charge on any atom is -0.497 e. The van der Waals surface area contributed by atoms with Crippen LogP contribution in [0.3, 0.4) is 0 Å². The molecule has 6 nitrogen and oxygen atoms in total. The van der Waals surface area contributed by atoms with Crippen LogP contribution in [0.1, 0.15) is 5.56 Å². The number of hydrogen-bond acceptors (Lipinski definition) is 6. The highest BCUT2D eigenvalue weighted by molar-refractivity contribution is 6.33. The molecule has 128 valence electrons. The third-order valence-corrected chi connectivity index (χ3v) is 3.88. The molecule has 0 spiro atoms. The number of benzene rings is 2. The lowest BCUT2D eigenvalue weighted by atomic mass is 10.1. The van der Waals surface area contributed by atoms with Gasteiger partial charge >= 0.3 is 0 Å². The Balaban J connectivity index is 1.57. The highest BCUT2D eigenvalue weighted by Gasteiger charge is 2.04. The minimum atomic E-state index is 0.463. The fraction of sp³-hybridized carbons (Fsp3) is 0.167. The average molecular weight is 356 g/mol. The average Bonchev–Trinajstić information content (AvgIpc) is 2.65. The van der Waals surface area contributed by atoms with Crippen LogP contribution in [0, 0.1) is 0 Å². The minimum absolute atomic E-state index is 0.463. The predicted molar refractivity (Wildman–Crippen MR) is 99.7 cm³/mol. The van der Waals surface area contributed by atoms with Gasteiger partial charge in [0.1, 0.15) is 5.75 Å². The van der Waals surface area contributed by atoms with Gasteiger partial charge in [-0.15, -0.1) is 5.10 Å². The molecule has 0 fully saturated rings. The van der Waals surface area contributed by atoms with Crippen LogP contribution >= 0.6 is 11.6 Å². The summed E-state index contributed by atoms with van der Waals surface area (Å²) in [4.78, 5) is 4.39. The summed E-state index contributed by atoms with van der Waals surface area (Å²) in [5.41, 5.74) is 1.97. The Hall–Kier alpha value is -2.86. The fourth-order valence-electron chi connectivity index (χ4n) is 2.25. The SMILES string of the molecule is COc1ccc(CCNc2nncc(Nc3ccccc3Cl)n2)cc1. The molecule has 25 heavy (non-hydrogen) atoms. The van der Waals surface area contributed by atoms with Gasteiger partial charge in [-0.1, -0.05) is 35.9 Å². The molecule has 3 aromatic rings. The number of anilines is 3. The number of nitrogens with zero attached hydrogens (tertiary/aromatic N) is 3. The van der Waals surface area contributed by atoms with Crippen LogP contribution in [0.25, 0.3) is 0 Å². The van der Waals surface area contributed by atoms with Crippen molar-refractivity contribution in [3.63, 3.8) is 0 Å². The van der Waals surface area contributed by atoms with E-state index in [-0.39, 0.29) is 0 Å². The monoisotopic (exact) mass is 355 g/mol. The summed E-state index contributed by atoms with van der Waals surface area (Å²) < 4.78 is 5.15. The normalized spacial score (nSPS) is 10.3. The van der Waals surface area contributed by atoms with Gasteiger partial charge in [-0.3, -0.25) is 0 Å². The lowest BCUT2D eigenvalue weighted by molar-refractivity contribution is 0.414. The Morgan fingerprint density at radius 1 is 1.08 bits per heavy atom. The van der Waals surface area contributed by atoms with Gasteiger partial charge in [-0.2, -0.15) is 10.1 Å². The molecule has 1 heterocycles. The van der Waals surface area contributed by atoms with Gasteiger partial charge in [0.15, 0.2) is 5.82 Å². The van der Waals surface area contributed by atoms with Crippen LogP contribution in [0.2, 0.25) is 5.02 Å². The zero-order valence-electron chi connectivity index (χ0n) is 13.7. The summed E-state index contributed by atoms with van der Waals surface area (Å²) in [6, 6.07) is 15.4. The molecule has 0 aliphatic carbocycles. The number of methoxy groups -OCH3 is 1. The number of nitrogens with one attached hydrogen (secondary N) is 2. The van der Waals surface area contributed by atoms with Crippen LogP contribution in [0.4, 0.5) is 17.5 Å². The first kappa shape index (κ1) is 17.0. The van der Waals surface area contributed by atoms with Crippen molar-refractivity contribution in [2.75, 3.05) is 24.3 Å². The van der Waals surface area contributed by atoms with Gasteiger partial charge < -0.3 is 15.4 Å². The van der Waals surface area contributed by atoms with Crippen LogP contribution in [-0.4, -0.2) is 28.8 Å². The van der Waals surface area contributed by atoms with Crippen LogP contribution in [0.5, 0.6) is 5.75 Å². The summed E-state index contributed by atoms with van der Waals surface area (Å²) >= 11 is 6.14. The second kappa shape index (κ2) is 8.30. The van der Waals surface area contributed by atoms with Crippen molar-refractivity contribution in [3.05, 3.63) is 65.3 Å². The van der Waals surface area contributed by atoms with E-state index in [1.807, 2.05) is 48.5 Å². The van der Waals surface area contributed by atoms with E-state index in [0.29, 0.717) is 23.3 Å². The van der Waals surface area contributed by atoms with Crippen molar-refractivity contribution in [2.45, 2.75) is 6.42 Å². The summed E-state index contributed by atoms with van der Waals surface area (Å²) in [6.45, 7) is 0.698. The van der Waals surface area contributed by atoms with Crippen LogP contribution < -0.4 is 15.4 Å². The first-order valence-corrected chi connectivity index (χ1v) is 8.20. The molecule has 0 amide bonds. The predicted octanol–water partition coefficient (Wildman–Crippen LogP) is 3.93. The Morgan fingerprint density at radius 3 is 2.64 bits per heavy atom. The zero-order valence-corrected chi connectivity index (χ0v) is 14.5. The molecule has 0 aliphatic heterocycles. The number of halogens is 1. The first-order valence-electron chi connectivity index (χ1n) is 7.82. The molecular weight excluding hydrogens is 338 g/mol. The largest absolute Gasteiger partial charge is 0.497 e. The number of hydrogen-bond donors (Lipinski definition) is 2. The van der Waals surface area contributed by atoms with Crippen molar-refractivity contribution in [3.8, 4) is 5.75 Å². The van der Waals surface area contributed by atoms with Gasteiger partial charge in [0.25, 0.3) is 0 Å². The van der Waals surface area contributed by atoms with Crippen molar-refractivity contribution in [1.29, 1.82) is 0 Å². The Bertz CT molecular complexity index is 826. The Labute approximate surface area is 151 Å². The Kier molecular flexibility index (Phi) is 5.64. The van der Waals surface area contributed by atoms with Gasteiger partial charge in [0, 0.05) is 6.54 Å². The van der Waals surface area contributed by atoms with E-state index < -0.39 is 0 Å². The smallest absolute Gasteiger partial charge is 0.244 e. The van der Waals surface area contributed by atoms with Gasteiger partial charge in [-0.05, 0) is 36.2 Å². The highest BCUT2D eigenvalue weighted by Crippen LogP contribution is 2.23. The van der Waals surface area contributed by atoms with Crippen molar-refractivity contribution in [2.24, 2.45) is 0 Å². The summed E-state index contributed by atoms with van der Waals surface area (Å²) in [5, 5.41) is 14.9. The molecule has 1 aromatic heterocycles. The van der Waals surface area contributed by atoms with E-state index in [2.05, 4.69) is 25.8 Å². The van der Waals surface area contributed by atoms with Crippen molar-refractivity contribution < 1.29 is 4.74 Å². The quantitative estimate of drug-likeness (QED) is 0.669. The van der Waals surface area contributed by atoms with Crippen molar-refractivity contribution in [1.82, 2.24) is 15.2 Å². The molecule has 2 N–H and O–H groups in total. The molecule has 0 atom stereocenters. The molecule has 2 aromatic carbocycles. The maximum absolute atomic E-state index is 6.14. The maximum Gasteiger partial charge on any atom is 0.244 e. The number of ether oxygens (including phenoxy) is 1. The topological polar surface area (TPSA) is 72.0 Å². The van der Waals surface area contributed by atoms with E-state index >= 15 is 0 Å². The molecule has 0 bridgehead atoms. The van der Waals surface area contributed by atoms with Crippen LogP contribution in [-0.2, 0) is 6.42 Å². The van der Waals surface area contributed by atoms with Gasteiger partial charge in [0.2, 0.25) is 5.95 Å². The fourth-order valence-corrected chi connectivity index (χ4v) is 2.43. The molecule has 0 radical (unpaired) electrons. The molecule has 0 saturated heterocycles. The first-order chi connectivity index (χ1) is 12.2. The van der Waals surface area contributed by atoms with E-state index in [1.54, 1.807) is 13.3 Å². The van der Waals surface area contributed by atoms with E-state index in [9.17, 15) is 0 Å². The number of rotatable bonds is 7.